The lowest BCUT2D eigenvalue weighted by molar-refractivity contribution is -0.140. The third-order valence-electron chi connectivity index (χ3n) is 9.19. The van der Waals surface area contributed by atoms with Crippen molar-refractivity contribution in [1.29, 1.82) is 0 Å². The summed E-state index contributed by atoms with van der Waals surface area (Å²) in [5, 5.41) is 25.9. The van der Waals surface area contributed by atoms with Gasteiger partial charge in [0, 0.05) is 20.0 Å². The summed E-state index contributed by atoms with van der Waals surface area (Å²) in [5.74, 6) is -9.79. The molecule has 11 amide bonds. The Balaban J connectivity index is 3.25. The van der Waals surface area contributed by atoms with Crippen LogP contribution in [0.25, 0.3) is 0 Å². The number of nitrogens with one attached hydrogen (secondary N) is 7. The van der Waals surface area contributed by atoms with E-state index in [1.807, 2.05) is 0 Å². The number of aromatic hydroxyl groups is 1. The Morgan fingerprint density at radius 1 is 0.742 bits per heavy atom. The molecule has 0 aliphatic carbocycles. The van der Waals surface area contributed by atoms with E-state index in [4.69, 9.17) is 28.7 Å². The number of nitrogens with two attached hydrogens (primary N) is 5. The Labute approximate surface area is 357 Å². The molecule has 0 aliphatic heterocycles. The maximum absolute atomic E-state index is 13.7. The molecule has 0 unspecified atom stereocenters. The van der Waals surface area contributed by atoms with Crippen molar-refractivity contribution < 1.29 is 57.8 Å². The lowest BCUT2D eigenvalue weighted by atomic mass is 9.96. The van der Waals surface area contributed by atoms with Gasteiger partial charge in [0.05, 0.1) is 25.6 Å². The number of rotatable bonds is 29. The number of carbonyl (C=O) groups excluding carboxylic acids is 11. The molecule has 1 aromatic carbocycles. The number of phenolic OH excluding ortho intramolecular Hbond substituents is 1. The molecule has 0 heterocycles. The summed E-state index contributed by atoms with van der Waals surface area (Å²) in [6.07, 6.45) is -1.13. The summed E-state index contributed by atoms with van der Waals surface area (Å²) in [7, 11) is 1.15. The molecule has 0 aromatic heterocycles. The fourth-order valence-electron chi connectivity index (χ4n) is 5.61. The van der Waals surface area contributed by atoms with Gasteiger partial charge in [-0.05, 0) is 49.4 Å². The van der Waals surface area contributed by atoms with Crippen LogP contribution in [0.15, 0.2) is 24.3 Å². The van der Waals surface area contributed by atoms with Crippen LogP contribution in [0.2, 0.25) is 0 Å². The van der Waals surface area contributed by atoms with Crippen molar-refractivity contribution >= 4 is 65.5 Å². The van der Waals surface area contributed by atoms with Gasteiger partial charge in [0.2, 0.25) is 65.5 Å². The lowest BCUT2D eigenvalue weighted by Crippen LogP contribution is -2.61. The third kappa shape index (κ3) is 19.4. The number of hydrogen-bond acceptors (Lipinski definition) is 14. The van der Waals surface area contributed by atoms with Crippen molar-refractivity contribution in [3.8, 4) is 5.75 Å². The first-order chi connectivity index (χ1) is 29.1. The van der Waals surface area contributed by atoms with E-state index in [-0.39, 0.29) is 31.5 Å². The normalized spacial score (nSPS) is 14.1. The van der Waals surface area contributed by atoms with Crippen LogP contribution in [-0.2, 0) is 59.2 Å². The summed E-state index contributed by atoms with van der Waals surface area (Å²) in [5.41, 5.74) is 28.0. The van der Waals surface area contributed by atoms with Gasteiger partial charge in [0.25, 0.3) is 0 Å². The zero-order valence-electron chi connectivity index (χ0n) is 34.8. The Kier molecular flexibility index (Phi) is 23.2. The Morgan fingerprint density at radius 3 is 1.87 bits per heavy atom. The van der Waals surface area contributed by atoms with E-state index >= 15 is 0 Å². The molecule has 18 N–H and O–H groups in total. The van der Waals surface area contributed by atoms with Gasteiger partial charge in [-0.15, -0.1) is 0 Å². The van der Waals surface area contributed by atoms with Gasteiger partial charge in [-0.1, -0.05) is 32.4 Å². The van der Waals surface area contributed by atoms with Gasteiger partial charge in [-0.25, -0.2) is 0 Å². The molecule has 25 nitrogen and oxygen atoms in total. The van der Waals surface area contributed by atoms with E-state index in [9.17, 15) is 57.8 Å². The molecule has 0 aliphatic rings. The number of amides is 11. The van der Waals surface area contributed by atoms with Crippen LogP contribution >= 0.6 is 0 Å². The maximum Gasteiger partial charge on any atom is 0.247 e. The zero-order valence-corrected chi connectivity index (χ0v) is 34.8. The molecular weight excluding hydrogens is 818 g/mol. The monoisotopic (exact) mass is 877 g/mol. The van der Waals surface area contributed by atoms with Crippen LogP contribution in [0, 0.1) is 5.92 Å². The number of primary amides is 3. The Bertz CT molecular complexity index is 1760. The number of hydrogen-bond donors (Lipinski definition) is 13. The van der Waals surface area contributed by atoms with Crippen LogP contribution < -0.4 is 65.9 Å². The minimum atomic E-state index is -1.81. The summed E-state index contributed by atoms with van der Waals surface area (Å²) < 4.78 is 0. The van der Waals surface area contributed by atoms with E-state index < -0.39 is 140 Å². The van der Waals surface area contributed by atoms with E-state index in [0.29, 0.717) is 12.0 Å². The van der Waals surface area contributed by atoms with Crippen LogP contribution in [-0.4, -0.2) is 145 Å². The molecule has 0 saturated carbocycles. The van der Waals surface area contributed by atoms with E-state index in [0.717, 1.165) is 11.9 Å². The van der Waals surface area contributed by atoms with Crippen LogP contribution in [0.1, 0.15) is 51.5 Å². The molecule has 1 rings (SSSR count). The first-order valence-corrected chi connectivity index (χ1v) is 19.4. The minimum Gasteiger partial charge on any atom is -0.508 e. The van der Waals surface area contributed by atoms with Crippen molar-refractivity contribution in [2.45, 2.75) is 88.6 Å². The molecule has 0 radical (unpaired) electrons. The molecule has 344 valence electrons. The average Bonchev–Trinajstić information content (AvgIpc) is 3.21. The van der Waals surface area contributed by atoms with Gasteiger partial charge >= 0.3 is 0 Å². The summed E-state index contributed by atoms with van der Waals surface area (Å²) in [6, 6.07) is -2.65. The van der Waals surface area contributed by atoms with Crippen molar-refractivity contribution in [2.24, 2.45) is 34.6 Å². The van der Waals surface area contributed by atoms with Gasteiger partial charge in [0.15, 0.2) is 0 Å². The average molecular weight is 878 g/mol. The van der Waals surface area contributed by atoms with Crippen LogP contribution in [0.4, 0.5) is 0 Å². The second kappa shape index (κ2) is 27.1. The largest absolute Gasteiger partial charge is 0.508 e. The van der Waals surface area contributed by atoms with Crippen LogP contribution in [0.3, 0.4) is 0 Å². The molecule has 1 aromatic rings. The molecule has 0 saturated heterocycles. The van der Waals surface area contributed by atoms with Gasteiger partial charge in [-0.2, -0.15) is 0 Å². The first kappa shape index (κ1) is 53.1. The summed E-state index contributed by atoms with van der Waals surface area (Å²) in [6.45, 7) is 1.57. The minimum absolute atomic E-state index is 0.00852. The van der Waals surface area contributed by atoms with E-state index in [1.165, 1.54) is 12.1 Å². The quantitative estimate of drug-likeness (QED) is 0.0333. The second-order valence-electron chi connectivity index (χ2n) is 14.3. The summed E-state index contributed by atoms with van der Waals surface area (Å²) in [4.78, 5) is 140. The van der Waals surface area contributed by atoms with E-state index in [1.54, 1.807) is 26.0 Å². The molecule has 7 atom stereocenters. The predicted octanol–water partition coefficient (Wildman–Crippen LogP) is -6.97. The molecule has 62 heavy (non-hydrogen) atoms. The number of likely N-dealkylation sites (N-methyl/N-ethyl adjacent to an activating group) is 1. The van der Waals surface area contributed by atoms with Crippen molar-refractivity contribution in [3.63, 3.8) is 0 Å². The second-order valence-corrected chi connectivity index (χ2v) is 14.3. The standard InChI is InChI=1S/C37H59N13O12/c1-4-19(2)31(49-32(57)22(39)13-20-5-7-21(52)8-6-20)36(61)46-23(9-10-27(40)53)34(59)47-25(14-28(41)54)35(60)48-26(15-43-18-51)37(62)50(3)17-30(56)45-24(11-12-38)33(58)44-16-29(42)55/h5-8,18-19,22-26,31,52H,4,9-17,38-39H2,1-3H3,(H2,40,53)(H2,41,54)(H2,42,55)(H,43,51)(H,44,58)(H,45,56)(H,46,61)(H,47,59)(H,48,60)(H,49,57)/t19-,22-,23-,24-,25-,26-,31-/m0/s1. The van der Waals surface area contributed by atoms with Crippen LogP contribution in [0.5, 0.6) is 5.75 Å². The number of carbonyl (C=O) groups is 11. The summed E-state index contributed by atoms with van der Waals surface area (Å²) >= 11 is 0. The third-order valence-corrected chi connectivity index (χ3v) is 9.19. The van der Waals surface area contributed by atoms with Crippen molar-refractivity contribution in [1.82, 2.24) is 42.1 Å². The maximum atomic E-state index is 13.7. The number of benzene rings is 1. The van der Waals surface area contributed by atoms with Gasteiger partial charge in [0.1, 0.15) is 36.0 Å². The molecular formula is C37H59N13O12. The smallest absolute Gasteiger partial charge is 0.247 e. The van der Waals surface area contributed by atoms with Crippen molar-refractivity contribution in [2.75, 3.05) is 33.2 Å². The lowest BCUT2D eigenvalue weighted by Gasteiger charge is -2.29. The zero-order chi connectivity index (χ0) is 47.1. The highest BCUT2D eigenvalue weighted by Gasteiger charge is 2.35. The molecule has 0 spiro atoms. The SMILES string of the molecule is CC[C@H](C)[C@H](NC(=O)[C@@H](N)Cc1ccc(O)cc1)C(=O)N[C@@H](CCC(N)=O)C(=O)N[C@@H](CC(N)=O)C(=O)N[C@@H](CNC=O)C(=O)N(C)CC(=O)N[C@@H](CCN)C(=O)NCC(N)=O. The Hall–Kier alpha value is -6.89. The molecule has 0 bridgehead atoms. The predicted molar refractivity (Wildman–Crippen MR) is 219 cm³/mol. The fourth-order valence-corrected chi connectivity index (χ4v) is 5.61. The fraction of sp³-hybridized carbons (Fsp3) is 0.541. The highest BCUT2D eigenvalue weighted by atomic mass is 16.3. The van der Waals surface area contributed by atoms with Gasteiger partial charge < -0.3 is 75.9 Å². The first-order valence-electron chi connectivity index (χ1n) is 19.4. The topological polar surface area (TPSA) is 426 Å². The van der Waals surface area contributed by atoms with Gasteiger partial charge in [-0.3, -0.25) is 52.7 Å². The van der Waals surface area contributed by atoms with Crippen molar-refractivity contribution in [3.05, 3.63) is 29.8 Å². The highest BCUT2D eigenvalue weighted by Crippen LogP contribution is 2.13. The van der Waals surface area contributed by atoms with E-state index in [2.05, 4.69) is 37.2 Å². The number of phenols is 1. The Morgan fingerprint density at radius 2 is 1.32 bits per heavy atom. The number of nitrogens with zero attached hydrogens (tertiary/aromatic N) is 1. The molecule has 25 heteroatoms. The highest BCUT2D eigenvalue weighted by molar-refractivity contribution is 5.98. The molecule has 0 fully saturated rings.